The van der Waals surface area contributed by atoms with Gasteiger partial charge in [-0.05, 0) is 57.3 Å². The number of ketones is 1. The summed E-state index contributed by atoms with van der Waals surface area (Å²) in [6.07, 6.45) is 4.55. The van der Waals surface area contributed by atoms with E-state index < -0.39 is 36.5 Å². The van der Waals surface area contributed by atoms with Gasteiger partial charge in [-0.15, -0.1) is 0 Å². The molecule has 1 aromatic carbocycles. The van der Waals surface area contributed by atoms with Gasteiger partial charge in [0.05, 0.1) is 17.7 Å². The number of benzene rings is 1. The number of aromatic nitrogens is 2. The number of anilines is 3. The van der Waals surface area contributed by atoms with Crippen LogP contribution in [0.15, 0.2) is 42.6 Å². The molecule has 1 aromatic heterocycles. The van der Waals surface area contributed by atoms with Crippen LogP contribution in [0, 0.1) is 29.5 Å². The monoisotopic (exact) mass is 556 g/mol. The van der Waals surface area contributed by atoms with Crippen LogP contribution >= 0.6 is 0 Å². The number of nitrogens with one attached hydrogen (secondary N) is 3. The number of amides is 1. The van der Waals surface area contributed by atoms with Gasteiger partial charge in [-0.2, -0.15) is 4.98 Å². The largest absolute Gasteiger partial charge is 0.372 e. The van der Waals surface area contributed by atoms with Crippen LogP contribution in [-0.2, 0) is 9.59 Å². The maximum Gasteiger partial charge on any atom is 0.249 e. The molecular formula is C29H35F3N6O2. The molecule has 8 nitrogen and oxygen atoms in total. The van der Waals surface area contributed by atoms with Gasteiger partial charge in [0, 0.05) is 51.0 Å². The smallest absolute Gasteiger partial charge is 0.249 e. The molecule has 3 N–H and O–H groups in total. The molecule has 0 radical (unpaired) electrons. The lowest BCUT2D eigenvalue weighted by atomic mass is 9.74. The van der Waals surface area contributed by atoms with E-state index >= 15 is 0 Å². The van der Waals surface area contributed by atoms with Crippen molar-refractivity contribution < 1.29 is 22.8 Å². The summed E-state index contributed by atoms with van der Waals surface area (Å²) in [5.74, 6) is 0.893. The van der Waals surface area contributed by atoms with E-state index in [0.29, 0.717) is 42.4 Å². The van der Waals surface area contributed by atoms with E-state index in [9.17, 15) is 22.8 Å². The topological polar surface area (TPSA) is 99.2 Å². The fourth-order valence-electron chi connectivity index (χ4n) is 4.32. The summed E-state index contributed by atoms with van der Waals surface area (Å²) in [5.41, 5.74) is 1.21. The molecule has 214 valence electrons. The fourth-order valence-corrected chi connectivity index (χ4v) is 4.32. The Morgan fingerprint density at radius 1 is 1.20 bits per heavy atom. The number of carbonyl (C=O) groups excluding carboxylic acids is 2. The van der Waals surface area contributed by atoms with Crippen LogP contribution in [0.1, 0.15) is 37.7 Å². The molecule has 40 heavy (non-hydrogen) atoms. The van der Waals surface area contributed by atoms with E-state index in [4.69, 9.17) is 0 Å². The average Bonchev–Trinajstić information content (AvgIpc) is 2.91. The van der Waals surface area contributed by atoms with Gasteiger partial charge < -0.3 is 20.9 Å². The highest BCUT2D eigenvalue weighted by atomic mass is 19.3. The predicted octanol–water partition coefficient (Wildman–Crippen LogP) is 4.39. The van der Waals surface area contributed by atoms with Crippen molar-refractivity contribution in [3.63, 3.8) is 0 Å². The quantitative estimate of drug-likeness (QED) is 0.215. The van der Waals surface area contributed by atoms with E-state index in [1.165, 1.54) is 18.2 Å². The number of alkyl halides is 2. The van der Waals surface area contributed by atoms with Crippen molar-refractivity contribution in [2.75, 3.05) is 44.9 Å². The number of allylic oxidation sites excluding steroid dienone is 1. The lowest BCUT2D eigenvalue weighted by Gasteiger charge is -2.33. The number of hydrogen-bond acceptors (Lipinski definition) is 7. The third-order valence-corrected chi connectivity index (χ3v) is 6.41. The summed E-state index contributed by atoms with van der Waals surface area (Å²) in [4.78, 5) is 35.9. The van der Waals surface area contributed by atoms with Crippen LogP contribution in [0.3, 0.4) is 0 Å². The minimum absolute atomic E-state index is 0.0181. The van der Waals surface area contributed by atoms with Gasteiger partial charge in [-0.3, -0.25) is 9.59 Å². The Hall–Kier alpha value is -3.91. The molecule has 1 aliphatic carbocycles. The summed E-state index contributed by atoms with van der Waals surface area (Å²) >= 11 is 0. The van der Waals surface area contributed by atoms with E-state index in [1.807, 2.05) is 19.0 Å². The average molecular weight is 557 g/mol. The van der Waals surface area contributed by atoms with E-state index in [1.54, 1.807) is 31.5 Å². The summed E-state index contributed by atoms with van der Waals surface area (Å²) in [6, 6.07) is 5.81. The SMILES string of the molecule is CNc1nc(Nc2ccc(F)cc2)ncc1C#CCCCNC(=O)C1CC(F)(F)CCC1C(=O)/C=C/CN(C)C. The first-order chi connectivity index (χ1) is 19.1. The van der Waals surface area contributed by atoms with E-state index in [2.05, 4.69) is 37.8 Å². The maximum absolute atomic E-state index is 14.1. The number of rotatable bonds is 11. The molecule has 0 bridgehead atoms. The first-order valence-corrected chi connectivity index (χ1v) is 13.1. The number of likely N-dealkylation sites (N-methyl/N-ethyl adjacent to an activating group) is 1. The van der Waals surface area contributed by atoms with Crippen LogP contribution in [-0.4, -0.2) is 66.7 Å². The predicted molar refractivity (Wildman–Crippen MR) is 149 cm³/mol. The molecule has 0 saturated heterocycles. The molecule has 1 fully saturated rings. The Morgan fingerprint density at radius 2 is 1.95 bits per heavy atom. The van der Waals surface area contributed by atoms with Crippen molar-refractivity contribution in [1.29, 1.82) is 0 Å². The van der Waals surface area contributed by atoms with Crippen molar-refractivity contribution >= 4 is 29.1 Å². The second kappa shape index (κ2) is 14.5. The highest BCUT2D eigenvalue weighted by Crippen LogP contribution is 2.40. The zero-order valence-electron chi connectivity index (χ0n) is 22.9. The van der Waals surface area contributed by atoms with Gasteiger partial charge in [-0.1, -0.05) is 17.9 Å². The van der Waals surface area contributed by atoms with Gasteiger partial charge in [-0.25, -0.2) is 18.2 Å². The summed E-state index contributed by atoms with van der Waals surface area (Å²) in [7, 11) is 5.42. The summed E-state index contributed by atoms with van der Waals surface area (Å²) in [6.45, 7) is 0.800. The van der Waals surface area contributed by atoms with Gasteiger partial charge in [0.15, 0.2) is 5.78 Å². The first-order valence-electron chi connectivity index (χ1n) is 13.1. The minimum atomic E-state index is -2.96. The van der Waals surface area contributed by atoms with Crippen molar-refractivity contribution in [2.24, 2.45) is 11.8 Å². The zero-order chi connectivity index (χ0) is 29.1. The normalized spacial score (nSPS) is 18.2. The Morgan fingerprint density at radius 3 is 2.65 bits per heavy atom. The molecule has 1 aliphatic rings. The van der Waals surface area contributed by atoms with Crippen molar-refractivity contribution in [3.8, 4) is 11.8 Å². The molecule has 11 heteroatoms. The number of halogens is 3. The Kier molecular flexibility index (Phi) is 11.1. The third kappa shape index (κ3) is 9.38. The van der Waals surface area contributed by atoms with Gasteiger partial charge >= 0.3 is 0 Å². The summed E-state index contributed by atoms with van der Waals surface area (Å²) in [5, 5.41) is 8.67. The molecule has 2 aromatic rings. The number of unbranched alkanes of at least 4 members (excludes halogenated alkanes) is 1. The van der Waals surface area contributed by atoms with Crippen LogP contribution in [0.4, 0.5) is 30.6 Å². The number of hydrogen-bond donors (Lipinski definition) is 3. The Labute approximate surface area is 232 Å². The molecule has 2 atom stereocenters. The van der Waals surface area contributed by atoms with Gasteiger partial charge in [0.1, 0.15) is 11.6 Å². The molecular weight excluding hydrogens is 521 g/mol. The summed E-state index contributed by atoms with van der Waals surface area (Å²) < 4.78 is 41.3. The highest BCUT2D eigenvalue weighted by molar-refractivity contribution is 5.95. The minimum Gasteiger partial charge on any atom is -0.372 e. The van der Waals surface area contributed by atoms with E-state index in [-0.39, 0.29) is 24.6 Å². The van der Waals surface area contributed by atoms with Crippen LogP contribution in [0.25, 0.3) is 0 Å². The van der Waals surface area contributed by atoms with Gasteiger partial charge in [0.2, 0.25) is 17.8 Å². The van der Waals surface area contributed by atoms with Crippen LogP contribution in [0.5, 0.6) is 0 Å². The second-order valence-electron chi connectivity index (χ2n) is 9.91. The molecule has 0 spiro atoms. The third-order valence-electron chi connectivity index (χ3n) is 6.41. The standard InChI is InChI=1S/C29H35F3N6O2/c1-33-26-20(19-35-28(37-26)36-22-12-10-21(30)11-13-22)8-5-4-6-16-34-27(40)24-18-29(31,32)15-14-23(24)25(39)9-7-17-38(2)3/h7,9-13,19,23-24H,4,6,14-18H2,1-3H3,(H,34,40)(H2,33,35,36,37)/b9-7+. The van der Waals surface area contributed by atoms with Crippen molar-refractivity contribution in [1.82, 2.24) is 20.2 Å². The maximum atomic E-state index is 14.1. The Balaban J connectivity index is 1.51. The van der Waals surface area contributed by atoms with Crippen molar-refractivity contribution in [2.45, 2.75) is 38.0 Å². The lowest BCUT2D eigenvalue weighted by Crippen LogP contribution is -2.44. The molecule has 1 amide bonds. The second-order valence-corrected chi connectivity index (χ2v) is 9.91. The molecule has 3 rings (SSSR count). The number of carbonyl (C=O) groups is 2. The Bertz CT molecular complexity index is 1250. The van der Waals surface area contributed by atoms with Crippen LogP contribution < -0.4 is 16.0 Å². The molecule has 0 aliphatic heterocycles. The number of nitrogens with zero attached hydrogens (tertiary/aromatic N) is 3. The van der Waals surface area contributed by atoms with Gasteiger partial charge in [0.25, 0.3) is 0 Å². The fraction of sp³-hybridized carbons (Fsp3) is 0.448. The molecule has 1 saturated carbocycles. The lowest BCUT2D eigenvalue weighted by molar-refractivity contribution is -0.142. The van der Waals surface area contributed by atoms with Crippen LogP contribution in [0.2, 0.25) is 0 Å². The zero-order valence-corrected chi connectivity index (χ0v) is 22.9. The highest BCUT2D eigenvalue weighted by Gasteiger charge is 2.46. The van der Waals surface area contributed by atoms with E-state index in [0.717, 1.165) is 0 Å². The molecule has 2 unspecified atom stereocenters. The van der Waals surface area contributed by atoms with Crippen molar-refractivity contribution in [3.05, 3.63) is 54.0 Å². The molecule has 1 heterocycles. The first kappa shape index (κ1) is 30.6.